The molecule has 0 heterocycles. The Hall–Kier alpha value is 0. The second-order valence-corrected chi connectivity index (χ2v) is 4.08. The fourth-order valence-corrected chi connectivity index (χ4v) is 2.02. The molecule has 1 saturated carbocycles. The minimum atomic E-state index is 1.27. The van der Waals surface area contributed by atoms with Gasteiger partial charge in [0.25, 0.3) is 0 Å². The molecule has 1 aliphatic carbocycles. The molecule has 0 bridgehead atoms. The van der Waals surface area contributed by atoms with Gasteiger partial charge in [0.05, 0.1) is 0 Å². The van der Waals surface area contributed by atoms with Gasteiger partial charge in [0.15, 0.2) is 0 Å². The standard InChI is InChI=1S/C13H21/c1-6-7-8-13-11(4)9(2)10(3)12(13)5/h6-8H2,1-5H3. The fourth-order valence-electron chi connectivity index (χ4n) is 2.02. The average molecular weight is 177 g/mol. The highest BCUT2D eigenvalue weighted by molar-refractivity contribution is 5.58. The van der Waals surface area contributed by atoms with Crippen molar-refractivity contribution in [3.05, 3.63) is 29.6 Å². The summed E-state index contributed by atoms with van der Waals surface area (Å²) in [4.78, 5) is 0. The van der Waals surface area contributed by atoms with Crippen LogP contribution in [0.2, 0.25) is 0 Å². The van der Waals surface area contributed by atoms with E-state index in [-0.39, 0.29) is 0 Å². The maximum absolute atomic E-state index is 2.26. The molecule has 0 spiro atoms. The minimum absolute atomic E-state index is 1.27. The lowest BCUT2D eigenvalue weighted by Gasteiger charge is -2.18. The second-order valence-electron chi connectivity index (χ2n) is 4.08. The maximum atomic E-state index is 2.26. The van der Waals surface area contributed by atoms with Gasteiger partial charge in [-0.2, -0.15) is 0 Å². The van der Waals surface area contributed by atoms with Crippen LogP contribution in [0.3, 0.4) is 0 Å². The normalized spacial score (nSPS) is 24.7. The molecule has 0 aliphatic heterocycles. The van der Waals surface area contributed by atoms with Gasteiger partial charge in [-0.15, -0.1) is 0 Å². The van der Waals surface area contributed by atoms with E-state index in [1.807, 2.05) is 0 Å². The van der Waals surface area contributed by atoms with Gasteiger partial charge in [-0.05, 0) is 36.0 Å². The highest BCUT2D eigenvalue weighted by Gasteiger charge is 2.42. The number of unbranched alkanes of at least 4 members (excludes halogenated alkanes) is 1. The molecule has 0 saturated heterocycles. The maximum Gasteiger partial charge on any atom is -0.00995 e. The number of rotatable bonds is 3. The molecule has 0 N–H and O–H groups in total. The van der Waals surface area contributed by atoms with Crippen molar-refractivity contribution < 1.29 is 0 Å². The van der Waals surface area contributed by atoms with Crippen LogP contribution >= 0.6 is 0 Å². The van der Waals surface area contributed by atoms with Crippen LogP contribution in [0.15, 0.2) is 0 Å². The van der Waals surface area contributed by atoms with Gasteiger partial charge in [-0.25, -0.2) is 0 Å². The van der Waals surface area contributed by atoms with E-state index in [2.05, 4.69) is 34.6 Å². The highest BCUT2D eigenvalue weighted by atomic mass is 14.5. The third-order valence-corrected chi connectivity index (χ3v) is 3.37. The van der Waals surface area contributed by atoms with E-state index in [0.29, 0.717) is 0 Å². The van der Waals surface area contributed by atoms with Crippen molar-refractivity contribution in [1.82, 2.24) is 0 Å². The molecule has 0 unspecified atom stereocenters. The Bertz CT molecular complexity index is 136. The topological polar surface area (TPSA) is 0 Å². The van der Waals surface area contributed by atoms with E-state index in [0.717, 1.165) is 0 Å². The summed E-state index contributed by atoms with van der Waals surface area (Å²) in [6, 6.07) is 0. The average Bonchev–Trinajstić information content (AvgIpc) is 2.30. The van der Waals surface area contributed by atoms with Crippen LogP contribution < -0.4 is 0 Å². The molecular formula is C13H21. The van der Waals surface area contributed by atoms with Crippen molar-refractivity contribution >= 4 is 0 Å². The zero-order valence-electron chi connectivity index (χ0n) is 9.62. The Kier molecular flexibility index (Phi) is 3.82. The zero-order valence-corrected chi connectivity index (χ0v) is 9.62. The molecule has 13 heavy (non-hydrogen) atoms. The molecule has 1 rings (SSSR count). The van der Waals surface area contributed by atoms with Crippen molar-refractivity contribution in [1.29, 1.82) is 0 Å². The third kappa shape index (κ3) is 2.08. The smallest absolute Gasteiger partial charge is 0.00995 e. The predicted molar refractivity (Wildman–Crippen MR) is 58.4 cm³/mol. The summed E-state index contributed by atoms with van der Waals surface area (Å²) in [7, 11) is 0. The number of hydrogen-bond donors (Lipinski definition) is 0. The molecule has 0 nitrogen and oxygen atoms in total. The Morgan fingerprint density at radius 2 is 1.23 bits per heavy atom. The van der Waals surface area contributed by atoms with Gasteiger partial charge < -0.3 is 0 Å². The molecule has 73 valence electrons. The predicted octanol–water partition coefficient (Wildman–Crippen LogP) is 4.14. The monoisotopic (exact) mass is 177 g/mol. The fraction of sp³-hybridized carbons (Fsp3) is 0.615. The lowest BCUT2D eigenvalue weighted by Crippen LogP contribution is -2.06. The van der Waals surface area contributed by atoms with Gasteiger partial charge in [0.1, 0.15) is 0 Å². The highest BCUT2D eigenvalue weighted by Crippen LogP contribution is 2.53. The second kappa shape index (κ2) is 4.48. The van der Waals surface area contributed by atoms with E-state index < -0.39 is 0 Å². The summed E-state index contributed by atoms with van der Waals surface area (Å²) >= 11 is 0. The van der Waals surface area contributed by atoms with Crippen molar-refractivity contribution in [3.8, 4) is 0 Å². The van der Waals surface area contributed by atoms with Crippen LogP contribution in [-0.2, 0) is 0 Å². The van der Waals surface area contributed by atoms with Crippen LogP contribution in [0.25, 0.3) is 0 Å². The van der Waals surface area contributed by atoms with Gasteiger partial charge in [-0.3, -0.25) is 0 Å². The number of hydrogen-bond acceptors (Lipinski definition) is 0. The first kappa shape index (κ1) is 11.1. The zero-order chi connectivity index (χ0) is 10.0. The van der Waals surface area contributed by atoms with Crippen LogP contribution in [0.1, 0.15) is 53.9 Å². The molecular weight excluding hydrogens is 156 g/mol. The van der Waals surface area contributed by atoms with Gasteiger partial charge in [0.2, 0.25) is 0 Å². The Morgan fingerprint density at radius 3 is 1.62 bits per heavy atom. The van der Waals surface area contributed by atoms with Gasteiger partial charge in [-0.1, -0.05) is 47.5 Å². The summed E-state index contributed by atoms with van der Waals surface area (Å²) in [5, 5.41) is 0. The van der Waals surface area contributed by atoms with Crippen LogP contribution in [0, 0.1) is 29.6 Å². The van der Waals surface area contributed by atoms with Crippen molar-refractivity contribution in [2.75, 3.05) is 0 Å². The summed E-state index contributed by atoms with van der Waals surface area (Å²) in [5.41, 5.74) is 0. The van der Waals surface area contributed by atoms with Gasteiger partial charge in [0, 0.05) is 0 Å². The molecule has 0 amide bonds. The minimum Gasteiger partial charge on any atom is -0.0654 e. The summed E-state index contributed by atoms with van der Waals surface area (Å²) in [5.74, 6) is 7.68. The molecule has 0 aromatic carbocycles. The van der Waals surface area contributed by atoms with E-state index in [1.54, 1.807) is 5.92 Å². The first-order valence-electron chi connectivity index (χ1n) is 5.31. The molecule has 1 aliphatic rings. The molecule has 5 radical (unpaired) electrons. The third-order valence-electron chi connectivity index (χ3n) is 3.37. The van der Waals surface area contributed by atoms with E-state index in [4.69, 9.17) is 0 Å². The lowest BCUT2D eigenvalue weighted by atomic mass is 9.85. The van der Waals surface area contributed by atoms with Crippen molar-refractivity contribution in [2.24, 2.45) is 0 Å². The van der Waals surface area contributed by atoms with E-state index in [1.165, 1.54) is 42.9 Å². The summed E-state index contributed by atoms with van der Waals surface area (Å²) in [6.07, 6.45) is 3.88. The van der Waals surface area contributed by atoms with E-state index >= 15 is 0 Å². The van der Waals surface area contributed by atoms with Crippen molar-refractivity contribution in [3.63, 3.8) is 0 Å². The van der Waals surface area contributed by atoms with Crippen LogP contribution in [-0.4, -0.2) is 0 Å². The van der Waals surface area contributed by atoms with Crippen LogP contribution in [0.5, 0.6) is 0 Å². The first-order chi connectivity index (χ1) is 6.09. The Morgan fingerprint density at radius 1 is 0.769 bits per heavy atom. The van der Waals surface area contributed by atoms with Gasteiger partial charge >= 0.3 is 0 Å². The SMILES string of the molecule is CCCC[C]1[C](C)[C](C)[C](C)[C]1C. The molecule has 0 aromatic rings. The van der Waals surface area contributed by atoms with E-state index in [9.17, 15) is 0 Å². The summed E-state index contributed by atoms with van der Waals surface area (Å²) in [6.45, 7) is 11.3. The molecule has 0 heteroatoms. The van der Waals surface area contributed by atoms with Crippen LogP contribution in [0.4, 0.5) is 0 Å². The Labute approximate surface area is 84.1 Å². The Balaban J connectivity index is 2.53. The first-order valence-corrected chi connectivity index (χ1v) is 5.31. The largest absolute Gasteiger partial charge is 0.0654 e. The quantitative estimate of drug-likeness (QED) is 0.607. The lowest BCUT2D eigenvalue weighted by molar-refractivity contribution is 0.714. The molecule has 0 atom stereocenters. The summed E-state index contributed by atoms with van der Waals surface area (Å²) < 4.78 is 0. The van der Waals surface area contributed by atoms with Crippen molar-refractivity contribution in [2.45, 2.75) is 53.9 Å². The molecule has 1 fully saturated rings. The molecule has 0 aromatic heterocycles.